The molecule has 1 aromatic rings. The predicted octanol–water partition coefficient (Wildman–Crippen LogP) is 4.24. The van der Waals surface area contributed by atoms with Gasteiger partial charge >= 0.3 is 0 Å². The molecule has 0 spiro atoms. The summed E-state index contributed by atoms with van der Waals surface area (Å²) < 4.78 is 0. The molecular weight excluding hydrogens is 230 g/mol. The van der Waals surface area contributed by atoms with Crippen LogP contribution in [0.1, 0.15) is 68.7 Å². The molecule has 0 N–H and O–H groups in total. The van der Waals surface area contributed by atoms with E-state index in [0.717, 1.165) is 12.5 Å². The third kappa shape index (κ3) is 2.58. The quantitative estimate of drug-likeness (QED) is 0.766. The summed E-state index contributed by atoms with van der Waals surface area (Å²) in [6.07, 6.45) is 4.09. The highest BCUT2D eigenvalue weighted by atomic mass is 15.1. The average molecular weight is 257 g/mol. The minimum absolute atomic E-state index is 0.271. The Morgan fingerprint density at radius 1 is 1.21 bits per heavy atom. The van der Waals surface area contributed by atoms with Crippen molar-refractivity contribution in [3.8, 4) is 0 Å². The highest BCUT2D eigenvalue weighted by Gasteiger charge is 2.30. The fourth-order valence-corrected chi connectivity index (χ4v) is 3.25. The molecule has 1 aliphatic heterocycles. The first-order chi connectivity index (χ1) is 8.99. The Labute approximate surface area is 118 Å². The minimum atomic E-state index is 0.271. The summed E-state index contributed by atoms with van der Waals surface area (Å²) in [6.45, 7) is 12.9. The van der Waals surface area contributed by atoms with Gasteiger partial charge in [0.05, 0.1) is 0 Å². The zero-order chi connectivity index (χ0) is 13.6. The van der Waals surface area contributed by atoms with Crippen LogP contribution in [0.25, 0.3) is 0 Å². The third-order valence-corrected chi connectivity index (χ3v) is 4.78. The normalized spacial score (nSPS) is 20.4. The highest BCUT2D eigenvalue weighted by molar-refractivity contribution is 5.46. The molecule has 0 aromatic heterocycles. The second kappa shape index (κ2) is 4.63. The number of likely N-dealkylation sites (N-methyl/N-ethyl adjacent to an activating group) is 1. The van der Waals surface area contributed by atoms with Gasteiger partial charge in [0, 0.05) is 13.1 Å². The molecule has 0 atom stereocenters. The van der Waals surface area contributed by atoms with Crippen LogP contribution in [0, 0.1) is 0 Å². The van der Waals surface area contributed by atoms with Gasteiger partial charge in [-0.1, -0.05) is 39.8 Å². The summed E-state index contributed by atoms with van der Waals surface area (Å²) in [5.74, 6) is 0.879. The van der Waals surface area contributed by atoms with Crippen molar-refractivity contribution in [2.75, 3.05) is 13.1 Å². The number of hydrogen-bond acceptors (Lipinski definition) is 1. The lowest BCUT2D eigenvalue weighted by atomic mass is 9.81. The molecule has 1 aromatic carbocycles. The summed E-state index contributed by atoms with van der Waals surface area (Å²) in [4.78, 5) is 2.57. The fourth-order valence-electron chi connectivity index (χ4n) is 3.25. The monoisotopic (exact) mass is 257 g/mol. The van der Waals surface area contributed by atoms with Crippen molar-refractivity contribution in [2.24, 2.45) is 0 Å². The Hall–Kier alpha value is -0.820. The zero-order valence-corrected chi connectivity index (χ0v) is 12.9. The van der Waals surface area contributed by atoms with E-state index in [1.807, 2.05) is 0 Å². The molecule has 0 unspecified atom stereocenters. The molecule has 3 rings (SSSR count). The number of benzene rings is 1. The summed E-state index contributed by atoms with van der Waals surface area (Å²) >= 11 is 0. The maximum atomic E-state index is 2.57. The highest BCUT2D eigenvalue weighted by Crippen LogP contribution is 2.45. The van der Waals surface area contributed by atoms with E-state index in [4.69, 9.17) is 0 Å². The van der Waals surface area contributed by atoms with Crippen molar-refractivity contribution in [3.05, 3.63) is 34.4 Å². The molecule has 19 heavy (non-hydrogen) atoms. The van der Waals surface area contributed by atoms with Crippen LogP contribution < -0.4 is 0 Å². The molecule has 1 heteroatoms. The molecule has 1 aliphatic carbocycles. The molecule has 0 saturated heterocycles. The van der Waals surface area contributed by atoms with E-state index in [0.29, 0.717) is 0 Å². The van der Waals surface area contributed by atoms with E-state index in [1.165, 1.54) is 37.9 Å². The van der Waals surface area contributed by atoms with Crippen LogP contribution in [0.3, 0.4) is 0 Å². The van der Waals surface area contributed by atoms with Gasteiger partial charge < -0.3 is 0 Å². The van der Waals surface area contributed by atoms with E-state index in [1.54, 1.807) is 16.7 Å². The smallest absolute Gasteiger partial charge is 0.0236 e. The molecule has 1 fully saturated rings. The van der Waals surface area contributed by atoms with E-state index in [9.17, 15) is 0 Å². The Morgan fingerprint density at radius 2 is 1.95 bits per heavy atom. The maximum Gasteiger partial charge on any atom is 0.0236 e. The largest absolute Gasteiger partial charge is 0.299 e. The zero-order valence-electron chi connectivity index (χ0n) is 12.9. The van der Waals surface area contributed by atoms with Gasteiger partial charge in [0.25, 0.3) is 0 Å². The molecule has 1 heterocycles. The first kappa shape index (κ1) is 13.2. The first-order valence-electron chi connectivity index (χ1n) is 7.87. The Balaban J connectivity index is 2.05. The van der Waals surface area contributed by atoms with Gasteiger partial charge in [-0.25, -0.2) is 0 Å². The lowest BCUT2D eigenvalue weighted by molar-refractivity contribution is 0.267. The maximum absolute atomic E-state index is 2.57. The van der Waals surface area contributed by atoms with Crippen LogP contribution in [-0.2, 0) is 18.4 Å². The number of fused-ring (bicyclic) bond motifs is 1. The van der Waals surface area contributed by atoms with E-state index < -0.39 is 0 Å². The molecule has 0 radical (unpaired) electrons. The molecular formula is C18H27N. The van der Waals surface area contributed by atoms with Gasteiger partial charge in [-0.3, -0.25) is 4.90 Å². The van der Waals surface area contributed by atoms with Crippen molar-refractivity contribution in [3.63, 3.8) is 0 Å². The standard InChI is InChI=1S/C18H27N/c1-5-19-9-8-16-14(12-19)10-15(18(2,3)4)11-17(16)13-6-7-13/h10-11,13H,5-9,12H2,1-4H3. The number of rotatable bonds is 2. The van der Waals surface area contributed by atoms with E-state index in [-0.39, 0.29) is 5.41 Å². The third-order valence-electron chi connectivity index (χ3n) is 4.78. The van der Waals surface area contributed by atoms with Gasteiger partial charge in [0.2, 0.25) is 0 Å². The van der Waals surface area contributed by atoms with Gasteiger partial charge in [0.1, 0.15) is 0 Å². The van der Waals surface area contributed by atoms with Crippen LogP contribution in [0.2, 0.25) is 0 Å². The number of nitrogens with zero attached hydrogens (tertiary/aromatic N) is 1. The summed E-state index contributed by atoms with van der Waals surface area (Å²) in [6, 6.07) is 5.02. The molecule has 104 valence electrons. The lowest BCUT2D eigenvalue weighted by Gasteiger charge is -2.31. The van der Waals surface area contributed by atoms with Crippen molar-refractivity contribution < 1.29 is 0 Å². The van der Waals surface area contributed by atoms with Crippen molar-refractivity contribution in [1.29, 1.82) is 0 Å². The van der Waals surface area contributed by atoms with Crippen LogP contribution in [0.5, 0.6) is 0 Å². The van der Waals surface area contributed by atoms with Crippen LogP contribution >= 0.6 is 0 Å². The van der Waals surface area contributed by atoms with Gasteiger partial charge in [-0.05, 0) is 59.4 Å². The van der Waals surface area contributed by atoms with Crippen molar-refractivity contribution in [2.45, 2.75) is 64.8 Å². The number of hydrogen-bond donors (Lipinski definition) is 0. The topological polar surface area (TPSA) is 3.24 Å². The second-order valence-electron chi connectivity index (χ2n) is 7.35. The fraction of sp³-hybridized carbons (Fsp3) is 0.667. The SMILES string of the molecule is CCN1CCc2c(cc(C(C)(C)C)cc2C2CC2)C1. The van der Waals surface area contributed by atoms with Crippen LogP contribution in [-0.4, -0.2) is 18.0 Å². The summed E-state index contributed by atoms with van der Waals surface area (Å²) in [7, 11) is 0. The van der Waals surface area contributed by atoms with Crippen molar-refractivity contribution in [1.82, 2.24) is 4.90 Å². The molecule has 1 nitrogen and oxygen atoms in total. The Bertz CT molecular complexity index is 477. The van der Waals surface area contributed by atoms with Crippen molar-refractivity contribution >= 4 is 0 Å². The molecule has 0 amide bonds. The predicted molar refractivity (Wildman–Crippen MR) is 81.8 cm³/mol. The Morgan fingerprint density at radius 3 is 2.53 bits per heavy atom. The molecule has 0 bridgehead atoms. The summed E-state index contributed by atoms with van der Waals surface area (Å²) in [5.41, 5.74) is 6.81. The van der Waals surface area contributed by atoms with E-state index in [2.05, 4.69) is 44.7 Å². The average Bonchev–Trinajstić information content (AvgIpc) is 3.19. The van der Waals surface area contributed by atoms with Gasteiger partial charge in [0.15, 0.2) is 0 Å². The second-order valence-corrected chi connectivity index (χ2v) is 7.35. The molecule has 1 saturated carbocycles. The minimum Gasteiger partial charge on any atom is -0.299 e. The molecule has 2 aliphatic rings. The van der Waals surface area contributed by atoms with Gasteiger partial charge in [-0.15, -0.1) is 0 Å². The Kier molecular flexibility index (Phi) is 3.21. The lowest BCUT2D eigenvalue weighted by Crippen LogP contribution is -2.31. The summed E-state index contributed by atoms with van der Waals surface area (Å²) in [5, 5.41) is 0. The first-order valence-corrected chi connectivity index (χ1v) is 7.87. The van der Waals surface area contributed by atoms with E-state index >= 15 is 0 Å². The van der Waals surface area contributed by atoms with Gasteiger partial charge in [-0.2, -0.15) is 0 Å². The van der Waals surface area contributed by atoms with Crippen LogP contribution in [0.15, 0.2) is 12.1 Å². The van der Waals surface area contributed by atoms with Crippen LogP contribution in [0.4, 0.5) is 0 Å².